The second-order valence-electron chi connectivity index (χ2n) is 4.15. The molecule has 0 aromatic rings. The van der Waals surface area contributed by atoms with Crippen molar-refractivity contribution in [2.75, 3.05) is 27.2 Å². The van der Waals surface area contributed by atoms with Gasteiger partial charge in [-0.25, -0.2) is 0 Å². The molecule has 0 aromatic heterocycles. The zero-order valence-electron chi connectivity index (χ0n) is 9.27. The highest BCUT2D eigenvalue weighted by Crippen LogP contribution is 2.19. The minimum absolute atomic E-state index is 0.0337. The fraction of sp³-hybridized carbons (Fsp3) is 0.800. The van der Waals surface area contributed by atoms with Gasteiger partial charge in [0.2, 0.25) is 5.91 Å². The van der Waals surface area contributed by atoms with E-state index in [0.717, 1.165) is 19.4 Å². The van der Waals surface area contributed by atoms with Crippen molar-refractivity contribution in [1.82, 2.24) is 9.80 Å². The number of carbonyl (C=O) groups is 2. The molecule has 0 spiro atoms. The highest BCUT2D eigenvalue weighted by molar-refractivity contribution is 5.77. The molecule has 1 unspecified atom stereocenters. The van der Waals surface area contributed by atoms with Crippen molar-refractivity contribution in [1.29, 1.82) is 0 Å². The van der Waals surface area contributed by atoms with Gasteiger partial charge in [-0.2, -0.15) is 0 Å². The monoisotopic (exact) mass is 214 g/mol. The topological polar surface area (TPSA) is 60.9 Å². The summed E-state index contributed by atoms with van der Waals surface area (Å²) in [7, 11) is 3.43. The van der Waals surface area contributed by atoms with Crippen molar-refractivity contribution in [3.05, 3.63) is 0 Å². The molecule has 1 saturated heterocycles. The van der Waals surface area contributed by atoms with Gasteiger partial charge in [-0.15, -0.1) is 0 Å². The van der Waals surface area contributed by atoms with Crippen LogP contribution in [-0.4, -0.2) is 60.0 Å². The van der Waals surface area contributed by atoms with Crippen LogP contribution in [0.4, 0.5) is 0 Å². The van der Waals surface area contributed by atoms with Crippen LogP contribution in [0.15, 0.2) is 0 Å². The van der Waals surface area contributed by atoms with Crippen LogP contribution < -0.4 is 0 Å². The summed E-state index contributed by atoms with van der Waals surface area (Å²) in [6, 6.07) is 0.0337. The first kappa shape index (κ1) is 12.0. The maximum atomic E-state index is 11.5. The van der Waals surface area contributed by atoms with Crippen LogP contribution in [0.1, 0.15) is 19.3 Å². The first-order valence-corrected chi connectivity index (χ1v) is 5.16. The largest absolute Gasteiger partial charge is 0.481 e. The Balaban J connectivity index is 2.46. The number of likely N-dealkylation sites (tertiary alicyclic amines) is 1. The van der Waals surface area contributed by atoms with E-state index in [1.54, 1.807) is 14.1 Å². The molecule has 1 fully saturated rings. The molecule has 0 saturated carbocycles. The molecule has 0 bridgehead atoms. The van der Waals surface area contributed by atoms with Gasteiger partial charge in [-0.05, 0) is 19.4 Å². The summed E-state index contributed by atoms with van der Waals surface area (Å²) in [5, 5.41) is 8.71. The molecular weight excluding hydrogens is 196 g/mol. The standard InChI is InChI=1S/C10H18N2O3/c1-11(2)9(13)7-12-5-3-4-8(12)6-10(14)15/h8H,3-7H2,1-2H3,(H,14,15). The van der Waals surface area contributed by atoms with Crippen LogP contribution in [0.25, 0.3) is 0 Å². The molecule has 1 atom stereocenters. The van der Waals surface area contributed by atoms with Crippen molar-refractivity contribution < 1.29 is 14.7 Å². The SMILES string of the molecule is CN(C)C(=O)CN1CCCC1CC(=O)O. The molecule has 5 heteroatoms. The summed E-state index contributed by atoms with van der Waals surface area (Å²) >= 11 is 0. The highest BCUT2D eigenvalue weighted by atomic mass is 16.4. The van der Waals surface area contributed by atoms with E-state index >= 15 is 0 Å². The normalized spacial score (nSPS) is 21.6. The number of carbonyl (C=O) groups excluding carboxylic acids is 1. The van der Waals surface area contributed by atoms with E-state index < -0.39 is 5.97 Å². The van der Waals surface area contributed by atoms with E-state index in [1.807, 2.05) is 4.90 Å². The average Bonchev–Trinajstić information content (AvgIpc) is 2.51. The molecule has 1 heterocycles. The molecule has 0 radical (unpaired) electrons. The van der Waals surface area contributed by atoms with E-state index in [1.165, 1.54) is 4.90 Å². The van der Waals surface area contributed by atoms with E-state index in [2.05, 4.69) is 0 Å². The molecule has 15 heavy (non-hydrogen) atoms. The molecule has 0 aliphatic carbocycles. The Morgan fingerprint density at radius 1 is 1.47 bits per heavy atom. The van der Waals surface area contributed by atoms with Gasteiger partial charge in [0.1, 0.15) is 0 Å². The first-order valence-electron chi connectivity index (χ1n) is 5.16. The Morgan fingerprint density at radius 3 is 2.67 bits per heavy atom. The maximum absolute atomic E-state index is 11.5. The molecule has 1 amide bonds. The molecule has 1 aliphatic heterocycles. The van der Waals surface area contributed by atoms with Gasteiger partial charge >= 0.3 is 5.97 Å². The van der Waals surface area contributed by atoms with Gasteiger partial charge < -0.3 is 10.0 Å². The average molecular weight is 214 g/mol. The van der Waals surface area contributed by atoms with Crippen molar-refractivity contribution >= 4 is 11.9 Å². The third-order valence-electron chi connectivity index (χ3n) is 2.75. The van der Waals surface area contributed by atoms with E-state index in [-0.39, 0.29) is 18.4 Å². The van der Waals surface area contributed by atoms with Crippen LogP contribution in [-0.2, 0) is 9.59 Å². The Morgan fingerprint density at radius 2 is 2.13 bits per heavy atom. The summed E-state index contributed by atoms with van der Waals surface area (Å²) in [5.74, 6) is -0.753. The molecule has 86 valence electrons. The number of carboxylic acids is 1. The fourth-order valence-electron chi connectivity index (χ4n) is 1.85. The van der Waals surface area contributed by atoms with E-state index in [0.29, 0.717) is 6.54 Å². The second kappa shape index (κ2) is 5.11. The van der Waals surface area contributed by atoms with Crippen LogP contribution in [0.5, 0.6) is 0 Å². The quantitative estimate of drug-likeness (QED) is 0.716. The van der Waals surface area contributed by atoms with E-state index in [4.69, 9.17) is 5.11 Å². The van der Waals surface area contributed by atoms with Crippen molar-refractivity contribution in [3.8, 4) is 0 Å². The third-order valence-corrected chi connectivity index (χ3v) is 2.75. The number of nitrogens with zero attached hydrogens (tertiary/aromatic N) is 2. The Hall–Kier alpha value is -1.10. The van der Waals surface area contributed by atoms with Gasteiger partial charge in [0, 0.05) is 20.1 Å². The second-order valence-corrected chi connectivity index (χ2v) is 4.15. The van der Waals surface area contributed by atoms with Crippen LogP contribution in [0.3, 0.4) is 0 Å². The lowest BCUT2D eigenvalue weighted by molar-refractivity contribution is -0.139. The Labute approximate surface area is 89.7 Å². The van der Waals surface area contributed by atoms with Gasteiger partial charge in [-0.1, -0.05) is 0 Å². The molecule has 1 N–H and O–H groups in total. The van der Waals surface area contributed by atoms with Gasteiger partial charge in [0.25, 0.3) is 0 Å². The van der Waals surface area contributed by atoms with Gasteiger partial charge in [0.15, 0.2) is 0 Å². The summed E-state index contributed by atoms with van der Waals surface area (Å²) in [4.78, 5) is 25.6. The number of likely N-dealkylation sites (N-methyl/N-ethyl adjacent to an activating group) is 1. The van der Waals surface area contributed by atoms with Gasteiger partial charge in [-0.3, -0.25) is 14.5 Å². The summed E-state index contributed by atoms with van der Waals surface area (Å²) in [6.07, 6.45) is 2.01. The molecule has 1 rings (SSSR count). The number of aliphatic carboxylic acids is 1. The minimum Gasteiger partial charge on any atom is -0.481 e. The minimum atomic E-state index is -0.788. The third kappa shape index (κ3) is 3.51. The molecule has 1 aliphatic rings. The smallest absolute Gasteiger partial charge is 0.304 e. The predicted molar refractivity (Wildman–Crippen MR) is 55.5 cm³/mol. The van der Waals surface area contributed by atoms with Gasteiger partial charge in [0.05, 0.1) is 13.0 Å². The fourth-order valence-corrected chi connectivity index (χ4v) is 1.85. The number of hydrogen-bond donors (Lipinski definition) is 1. The van der Waals surface area contributed by atoms with Crippen LogP contribution >= 0.6 is 0 Å². The maximum Gasteiger partial charge on any atom is 0.304 e. The van der Waals surface area contributed by atoms with Crippen molar-refractivity contribution in [3.63, 3.8) is 0 Å². The first-order chi connectivity index (χ1) is 7.00. The molecule has 0 aromatic carbocycles. The lowest BCUT2D eigenvalue weighted by Crippen LogP contribution is -2.40. The lowest BCUT2D eigenvalue weighted by Gasteiger charge is -2.23. The zero-order chi connectivity index (χ0) is 11.4. The number of carboxylic acid groups (broad SMARTS) is 1. The summed E-state index contributed by atoms with van der Waals surface area (Å²) in [5.41, 5.74) is 0. The highest BCUT2D eigenvalue weighted by Gasteiger charge is 2.28. The Bertz CT molecular complexity index is 253. The number of amides is 1. The number of hydrogen-bond acceptors (Lipinski definition) is 3. The lowest BCUT2D eigenvalue weighted by atomic mass is 10.1. The van der Waals surface area contributed by atoms with Crippen LogP contribution in [0, 0.1) is 0 Å². The number of rotatable bonds is 4. The Kier molecular flexibility index (Phi) is 4.08. The molecule has 5 nitrogen and oxygen atoms in total. The molecular formula is C10H18N2O3. The van der Waals surface area contributed by atoms with Crippen LogP contribution in [0.2, 0.25) is 0 Å². The summed E-state index contributed by atoms with van der Waals surface area (Å²) in [6.45, 7) is 1.17. The summed E-state index contributed by atoms with van der Waals surface area (Å²) < 4.78 is 0. The van der Waals surface area contributed by atoms with Crippen molar-refractivity contribution in [2.24, 2.45) is 0 Å². The zero-order valence-corrected chi connectivity index (χ0v) is 9.27. The van der Waals surface area contributed by atoms with E-state index in [9.17, 15) is 9.59 Å². The predicted octanol–water partition coefficient (Wildman–Crippen LogP) is 0.0137. The van der Waals surface area contributed by atoms with Crippen molar-refractivity contribution in [2.45, 2.75) is 25.3 Å².